The molecule has 0 atom stereocenters. The summed E-state index contributed by atoms with van der Waals surface area (Å²) in [5.41, 5.74) is 20.9. The Morgan fingerprint density at radius 2 is 1.12 bits per heavy atom. The van der Waals surface area contributed by atoms with Crippen LogP contribution in [0.15, 0.2) is 156 Å². The number of benzene rings is 8. The molecular weight excluding hydrogens is 807 g/mol. The molecule has 8 aromatic carbocycles. The lowest BCUT2D eigenvalue weighted by Crippen LogP contribution is -2.17. The van der Waals surface area contributed by atoms with Crippen molar-refractivity contribution in [3.63, 3.8) is 0 Å². The summed E-state index contributed by atoms with van der Waals surface area (Å²) in [7, 11) is 0. The topological polar surface area (TPSA) is 16.4 Å². The predicted molar refractivity (Wildman–Crippen MR) is 279 cm³/mol. The summed E-state index contributed by atoms with van der Waals surface area (Å²) in [6.45, 7) is 23.7. The van der Waals surface area contributed by atoms with Crippen molar-refractivity contribution in [2.75, 3.05) is 4.90 Å². The quantitative estimate of drug-likeness (QED) is 0.175. The second-order valence-corrected chi connectivity index (χ2v) is 22.8. The van der Waals surface area contributed by atoms with Crippen molar-refractivity contribution < 1.29 is 4.42 Å². The Morgan fingerprint density at radius 3 is 1.91 bits per heavy atom. The highest BCUT2D eigenvalue weighted by molar-refractivity contribution is 7.26. The fourth-order valence-corrected chi connectivity index (χ4v) is 12.8. The van der Waals surface area contributed by atoms with E-state index in [2.05, 4.69) is 220 Å². The van der Waals surface area contributed by atoms with Gasteiger partial charge in [-0.3, -0.25) is 0 Å². The molecule has 2 heterocycles. The minimum atomic E-state index is -0.198. The number of furan rings is 1. The molecule has 0 aliphatic heterocycles. The van der Waals surface area contributed by atoms with E-state index in [0.29, 0.717) is 0 Å². The third kappa shape index (κ3) is 5.84. The van der Waals surface area contributed by atoms with Gasteiger partial charge >= 0.3 is 0 Å². The molecule has 0 bridgehead atoms. The Bertz CT molecular complexity index is 3620. The lowest BCUT2D eigenvalue weighted by molar-refractivity contribution is 0.573. The van der Waals surface area contributed by atoms with Gasteiger partial charge in [0.2, 0.25) is 0 Å². The molecule has 2 aliphatic rings. The first kappa shape index (κ1) is 40.1. The van der Waals surface area contributed by atoms with Gasteiger partial charge in [-0.1, -0.05) is 166 Å². The monoisotopic (exact) mass is 861 g/mol. The molecule has 12 rings (SSSR count). The van der Waals surface area contributed by atoms with Crippen molar-refractivity contribution >= 4 is 70.5 Å². The van der Waals surface area contributed by atoms with Crippen LogP contribution in [-0.4, -0.2) is 0 Å². The highest BCUT2D eigenvalue weighted by atomic mass is 32.1. The Kier molecular flexibility index (Phi) is 8.37. The zero-order chi connectivity index (χ0) is 44.9. The normalized spacial score (nSPS) is 14.9. The Labute approximate surface area is 387 Å². The molecule has 0 fully saturated rings. The first-order valence-corrected chi connectivity index (χ1v) is 24.1. The average Bonchev–Trinajstić information content (AvgIpc) is 3.98. The van der Waals surface area contributed by atoms with E-state index in [-0.39, 0.29) is 21.7 Å². The standard InChI is InChI=1S/C62H55NOS/c1-59(2,3)37-31-46-45-34-47-51(35-55(45)65-58(46)52(32-37)60(4,5)6)62(9,10)49-22-16-23-53(56(47)49)63(39-29-30-42-41-17-11-13-21-48(41)61(7,8)50(42)33-39)38-27-25-36(26-28-38)40-19-15-20-44-43-18-12-14-24-54(43)64-57(40)44/h11-35H,1-10H3. The molecule has 2 aliphatic carbocycles. The summed E-state index contributed by atoms with van der Waals surface area (Å²) in [6.07, 6.45) is 0. The molecule has 3 heteroatoms. The Morgan fingerprint density at radius 1 is 0.477 bits per heavy atom. The zero-order valence-electron chi connectivity index (χ0n) is 39.2. The van der Waals surface area contributed by atoms with Crippen LogP contribution in [0.5, 0.6) is 0 Å². The zero-order valence-corrected chi connectivity index (χ0v) is 40.0. The van der Waals surface area contributed by atoms with Crippen molar-refractivity contribution in [1.29, 1.82) is 0 Å². The summed E-state index contributed by atoms with van der Waals surface area (Å²) < 4.78 is 9.31. The molecule has 0 N–H and O–H groups in total. The van der Waals surface area contributed by atoms with Crippen LogP contribution >= 0.6 is 11.3 Å². The predicted octanol–water partition coefficient (Wildman–Crippen LogP) is 18.3. The van der Waals surface area contributed by atoms with E-state index in [1.54, 1.807) is 0 Å². The van der Waals surface area contributed by atoms with E-state index in [1.165, 1.54) is 81.5 Å². The Hall–Kier alpha value is -6.42. The summed E-state index contributed by atoms with van der Waals surface area (Å²) in [4.78, 5) is 2.53. The molecule has 0 saturated heterocycles. The van der Waals surface area contributed by atoms with Gasteiger partial charge < -0.3 is 9.32 Å². The van der Waals surface area contributed by atoms with Gasteiger partial charge in [-0.2, -0.15) is 0 Å². The summed E-state index contributed by atoms with van der Waals surface area (Å²) >= 11 is 1.97. The summed E-state index contributed by atoms with van der Waals surface area (Å²) in [5, 5.41) is 5.02. The van der Waals surface area contributed by atoms with E-state index < -0.39 is 0 Å². The van der Waals surface area contributed by atoms with E-state index in [9.17, 15) is 0 Å². The Balaban J connectivity index is 1.09. The average molecular weight is 862 g/mol. The van der Waals surface area contributed by atoms with E-state index in [0.717, 1.165) is 44.4 Å². The number of thiophene rings is 1. The molecule has 0 amide bonds. The van der Waals surface area contributed by atoms with Crippen molar-refractivity contribution in [2.45, 2.75) is 90.9 Å². The lowest BCUT2D eigenvalue weighted by atomic mass is 9.79. The fraction of sp³-hybridized carbons (Fsp3) is 0.226. The number of rotatable bonds is 4. The highest BCUT2D eigenvalue weighted by Crippen LogP contribution is 2.58. The number of para-hydroxylation sites is 2. The maximum atomic E-state index is 6.53. The number of anilines is 3. The van der Waals surface area contributed by atoms with Gasteiger partial charge in [-0.25, -0.2) is 0 Å². The van der Waals surface area contributed by atoms with Crippen LogP contribution in [0.25, 0.3) is 75.5 Å². The van der Waals surface area contributed by atoms with Crippen LogP contribution in [-0.2, 0) is 21.7 Å². The van der Waals surface area contributed by atoms with E-state index in [4.69, 9.17) is 4.42 Å². The van der Waals surface area contributed by atoms with Crippen LogP contribution in [0.4, 0.5) is 17.1 Å². The van der Waals surface area contributed by atoms with Crippen molar-refractivity contribution in [1.82, 2.24) is 0 Å². The number of hydrogen-bond acceptors (Lipinski definition) is 3. The van der Waals surface area contributed by atoms with E-state index in [1.807, 2.05) is 17.4 Å². The molecule has 2 aromatic heterocycles. The second kappa shape index (κ2) is 13.6. The van der Waals surface area contributed by atoms with Gasteiger partial charge in [0.25, 0.3) is 0 Å². The molecule has 0 saturated carbocycles. The number of fused-ring (bicyclic) bond motifs is 12. The van der Waals surface area contributed by atoms with E-state index >= 15 is 0 Å². The smallest absolute Gasteiger partial charge is 0.143 e. The van der Waals surface area contributed by atoms with Crippen molar-refractivity contribution in [2.24, 2.45) is 0 Å². The van der Waals surface area contributed by atoms with Crippen LogP contribution in [0, 0.1) is 0 Å². The summed E-state index contributed by atoms with van der Waals surface area (Å²) in [6, 6.07) is 57.2. The molecule has 0 spiro atoms. The van der Waals surface area contributed by atoms with Gasteiger partial charge in [0, 0.05) is 64.3 Å². The molecular formula is C62H55NOS. The maximum absolute atomic E-state index is 6.53. The second-order valence-electron chi connectivity index (χ2n) is 21.8. The first-order chi connectivity index (χ1) is 31.0. The molecule has 0 radical (unpaired) electrons. The van der Waals surface area contributed by atoms with Gasteiger partial charge in [0.05, 0.1) is 5.69 Å². The van der Waals surface area contributed by atoms with Crippen LogP contribution in [0.3, 0.4) is 0 Å². The molecule has 10 aromatic rings. The SMILES string of the molecule is CC(C)(C)c1cc(C(C)(C)C)c2sc3cc4c(cc3c2c1)-c1c(N(c2ccc(-c3cccc5c3oc3ccccc35)cc2)c2ccc3c(c2)C(C)(C)c2ccccc2-3)cccc1C4(C)C. The molecule has 65 heavy (non-hydrogen) atoms. The van der Waals surface area contributed by atoms with Crippen LogP contribution < -0.4 is 4.90 Å². The van der Waals surface area contributed by atoms with Gasteiger partial charge in [-0.15, -0.1) is 11.3 Å². The largest absolute Gasteiger partial charge is 0.455 e. The first-order valence-electron chi connectivity index (χ1n) is 23.2. The maximum Gasteiger partial charge on any atom is 0.143 e. The number of nitrogens with zero attached hydrogens (tertiary/aromatic N) is 1. The lowest BCUT2D eigenvalue weighted by Gasteiger charge is -2.30. The molecule has 320 valence electrons. The third-order valence-electron chi connectivity index (χ3n) is 15.0. The summed E-state index contributed by atoms with van der Waals surface area (Å²) in [5.74, 6) is 0. The highest BCUT2D eigenvalue weighted by Gasteiger charge is 2.40. The minimum Gasteiger partial charge on any atom is -0.455 e. The number of hydrogen-bond donors (Lipinski definition) is 0. The van der Waals surface area contributed by atoms with Crippen LogP contribution in [0.2, 0.25) is 0 Å². The van der Waals surface area contributed by atoms with Gasteiger partial charge in [0.15, 0.2) is 0 Å². The molecule has 0 unspecified atom stereocenters. The van der Waals surface area contributed by atoms with Crippen LogP contribution in [0.1, 0.15) is 103 Å². The third-order valence-corrected chi connectivity index (χ3v) is 16.2. The minimum absolute atomic E-state index is 0.0164. The fourth-order valence-electron chi connectivity index (χ4n) is 11.3. The molecule has 2 nitrogen and oxygen atoms in total. The van der Waals surface area contributed by atoms with Crippen molar-refractivity contribution in [3.05, 3.63) is 185 Å². The van der Waals surface area contributed by atoms with Crippen molar-refractivity contribution in [3.8, 4) is 33.4 Å². The van der Waals surface area contributed by atoms with Gasteiger partial charge in [-0.05, 0) is 121 Å². The van der Waals surface area contributed by atoms with Gasteiger partial charge in [0.1, 0.15) is 11.2 Å².